The summed E-state index contributed by atoms with van der Waals surface area (Å²) in [4.78, 5) is 4.90. The molecule has 0 aliphatic rings. The Kier molecular flexibility index (Phi) is 5.17. The summed E-state index contributed by atoms with van der Waals surface area (Å²) in [6, 6.07) is 33.6. The van der Waals surface area contributed by atoms with Gasteiger partial charge in [-0.1, -0.05) is 72.8 Å². The van der Waals surface area contributed by atoms with Crippen LogP contribution in [0.5, 0.6) is 5.75 Å². The van der Waals surface area contributed by atoms with Crippen molar-refractivity contribution in [3.63, 3.8) is 0 Å². The first-order valence-corrected chi connectivity index (χ1v) is 10.5. The van der Waals surface area contributed by atoms with Crippen molar-refractivity contribution in [3.8, 4) is 5.75 Å². The van der Waals surface area contributed by atoms with Gasteiger partial charge in [0.2, 0.25) is 0 Å². The molecular formula is C27H24N2O. The van der Waals surface area contributed by atoms with Gasteiger partial charge in [0.25, 0.3) is 0 Å². The van der Waals surface area contributed by atoms with Crippen LogP contribution >= 0.6 is 0 Å². The summed E-state index contributed by atoms with van der Waals surface area (Å²) in [6.07, 6.45) is 1.76. The van der Waals surface area contributed by atoms with Gasteiger partial charge in [-0.25, -0.2) is 4.98 Å². The summed E-state index contributed by atoms with van der Waals surface area (Å²) in [5.41, 5.74) is 3.52. The summed E-state index contributed by atoms with van der Waals surface area (Å²) in [5.74, 6) is 2.03. The van der Waals surface area contributed by atoms with E-state index < -0.39 is 0 Å². The fraction of sp³-hybridized carbons (Fsp3) is 0.148. The number of hydrogen-bond acceptors (Lipinski definition) is 2. The average molecular weight is 393 g/mol. The Balaban J connectivity index is 1.30. The number of aromatic nitrogens is 2. The molecule has 4 aromatic carbocycles. The molecule has 3 heteroatoms. The van der Waals surface area contributed by atoms with Crippen LogP contribution in [-0.4, -0.2) is 16.2 Å². The summed E-state index contributed by atoms with van der Waals surface area (Å²) >= 11 is 0. The zero-order valence-electron chi connectivity index (χ0n) is 16.9. The van der Waals surface area contributed by atoms with Crippen LogP contribution in [0.25, 0.3) is 21.8 Å². The molecule has 0 fully saturated rings. The zero-order valence-corrected chi connectivity index (χ0v) is 16.9. The lowest BCUT2D eigenvalue weighted by Gasteiger charge is -2.11. The molecule has 1 heterocycles. The first-order chi connectivity index (χ1) is 14.9. The van der Waals surface area contributed by atoms with Crippen LogP contribution in [0, 0.1) is 0 Å². The van der Waals surface area contributed by atoms with E-state index in [0.717, 1.165) is 36.5 Å². The van der Waals surface area contributed by atoms with Gasteiger partial charge in [-0.05, 0) is 47.0 Å². The van der Waals surface area contributed by atoms with E-state index in [1.165, 1.54) is 21.9 Å². The third-order valence-corrected chi connectivity index (χ3v) is 5.45. The third kappa shape index (κ3) is 3.92. The highest BCUT2D eigenvalue weighted by atomic mass is 16.5. The average Bonchev–Trinajstić information content (AvgIpc) is 3.14. The Morgan fingerprint density at radius 3 is 2.40 bits per heavy atom. The van der Waals surface area contributed by atoms with E-state index in [2.05, 4.69) is 102 Å². The SMILES string of the molecule is c1ccc(Cc2nc3ccccc3n2CCCOc2ccc3ccccc3c2)cc1. The molecule has 148 valence electrons. The molecule has 0 bridgehead atoms. The fourth-order valence-electron chi connectivity index (χ4n) is 3.96. The van der Waals surface area contributed by atoms with Gasteiger partial charge < -0.3 is 9.30 Å². The zero-order chi connectivity index (χ0) is 20.2. The minimum Gasteiger partial charge on any atom is -0.494 e. The van der Waals surface area contributed by atoms with Crippen molar-refractivity contribution in [2.24, 2.45) is 0 Å². The molecule has 0 radical (unpaired) electrons. The predicted octanol–water partition coefficient (Wildman–Crippen LogP) is 6.25. The number of aryl methyl sites for hydroxylation is 1. The number of benzene rings is 4. The second kappa shape index (κ2) is 8.42. The molecule has 0 saturated heterocycles. The third-order valence-electron chi connectivity index (χ3n) is 5.45. The van der Waals surface area contributed by atoms with Crippen LogP contribution in [0.4, 0.5) is 0 Å². The second-order valence-electron chi connectivity index (χ2n) is 7.54. The van der Waals surface area contributed by atoms with E-state index in [-0.39, 0.29) is 0 Å². The number of hydrogen-bond donors (Lipinski definition) is 0. The van der Waals surface area contributed by atoms with Crippen LogP contribution in [0.3, 0.4) is 0 Å². The van der Waals surface area contributed by atoms with Gasteiger partial charge in [-0.3, -0.25) is 0 Å². The predicted molar refractivity (Wildman–Crippen MR) is 123 cm³/mol. The lowest BCUT2D eigenvalue weighted by atomic mass is 10.1. The molecule has 0 atom stereocenters. The smallest absolute Gasteiger partial charge is 0.119 e. The molecule has 0 amide bonds. The summed E-state index contributed by atoms with van der Waals surface area (Å²) in [7, 11) is 0. The van der Waals surface area contributed by atoms with Gasteiger partial charge in [0.05, 0.1) is 17.6 Å². The summed E-state index contributed by atoms with van der Waals surface area (Å²) < 4.78 is 8.39. The maximum atomic E-state index is 6.05. The maximum absolute atomic E-state index is 6.05. The van der Waals surface area contributed by atoms with Crippen LogP contribution in [0.15, 0.2) is 97.1 Å². The topological polar surface area (TPSA) is 27.1 Å². The van der Waals surface area contributed by atoms with Crippen molar-refractivity contribution in [2.45, 2.75) is 19.4 Å². The van der Waals surface area contributed by atoms with Gasteiger partial charge in [0, 0.05) is 13.0 Å². The van der Waals surface area contributed by atoms with Crippen LogP contribution in [-0.2, 0) is 13.0 Å². The van der Waals surface area contributed by atoms with Crippen molar-refractivity contribution in [1.29, 1.82) is 0 Å². The summed E-state index contributed by atoms with van der Waals surface area (Å²) in [6.45, 7) is 1.56. The van der Waals surface area contributed by atoms with Crippen molar-refractivity contribution in [2.75, 3.05) is 6.61 Å². The normalized spacial score (nSPS) is 11.2. The Bertz CT molecular complexity index is 1270. The lowest BCUT2D eigenvalue weighted by Crippen LogP contribution is -2.08. The summed E-state index contributed by atoms with van der Waals surface area (Å²) in [5, 5.41) is 2.45. The van der Waals surface area contributed by atoms with Crippen LogP contribution in [0.2, 0.25) is 0 Å². The Labute approximate surface area is 176 Å². The Morgan fingerprint density at radius 2 is 1.50 bits per heavy atom. The minimum absolute atomic E-state index is 0.676. The number of para-hydroxylation sites is 2. The molecule has 5 rings (SSSR count). The number of fused-ring (bicyclic) bond motifs is 2. The molecule has 5 aromatic rings. The van der Waals surface area contributed by atoms with E-state index in [9.17, 15) is 0 Å². The van der Waals surface area contributed by atoms with Gasteiger partial charge >= 0.3 is 0 Å². The highest BCUT2D eigenvalue weighted by molar-refractivity contribution is 5.83. The Hall–Kier alpha value is -3.59. The molecule has 0 unspecified atom stereocenters. The number of rotatable bonds is 7. The second-order valence-corrected chi connectivity index (χ2v) is 7.54. The van der Waals surface area contributed by atoms with Gasteiger partial charge in [0.1, 0.15) is 11.6 Å². The van der Waals surface area contributed by atoms with Gasteiger partial charge in [-0.15, -0.1) is 0 Å². The molecule has 3 nitrogen and oxygen atoms in total. The van der Waals surface area contributed by atoms with Crippen LogP contribution < -0.4 is 4.74 Å². The monoisotopic (exact) mass is 392 g/mol. The first-order valence-electron chi connectivity index (χ1n) is 10.5. The van der Waals surface area contributed by atoms with E-state index >= 15 is 0 Å². The van der Waals surface area contributed by atoms with Gasteiger partial charge in [-0.2, -0.15) is 0 Å². The highest BCUT2D eigenvalue weighted by Gasteiger charge is 2.11. The molecule has 0 spiro atoms. The fourth-order valence-corrected chi connectivity index (χ4v) is 3.96. The van der Waals surface area contributed by atoms with Crippen molar-refractivity contribution in [3.05, 3.63) is 108 Å². The van der Waals surface area contributed by atoms with Gasteiger partial charge in [0.15, 0.2) is 0 Å². The maximum Gasteiger partial charge on any atom is 0.119 e. The first kappa shape index (κ1) is 18.4. The van der Waals surface area contributed by atoms with E-state index in [4.69, 9.17) is 9.72 Å². The van der Waals surface area contributed by atoms with E-state index in [1.807, 2.05) is 0 Å². The standard InChI is InChI=1S/C27H24N2O/c1-2-9-21(10-3-1)19-27-28-25-13-6-7-14-26(25)29(27)17-8-18-30-24-16-15-22-11-4-5-12-23(22)20-24/h1-7,9-16,20H,8,17-19H2. The van der Waals surface area contributed by atoms with E-state index in [1.54, 1.807) is 0 Å². The minimum atomic E-state index is 0.676. The number of nitrogens with zero attached hydrogens (tertiary/aromatic N) is 2. The molecule has 30 heavy (non-hydrogen) atoms. The molecule has 0 N–H and O–H groups in total. The molecular weight excluding hydrogens is 368 g/mol. The Morgan fingerprint density at radius 1 is 0.733 bits per heavy atom. The number of ether oxygens (including phenoxy) is 1. The van der Waals surface area contributed by atoms with Crippen molar-refractivity contribution >= 4 is 21.8 Å². The largest absolute Gasteiger partial charge is 0.494 e. The quantitative estimate of drug-likeness (QED) is 0.306. The molecule has 0 saturated carbocycles. The van der Waals surface area contributed by atoms with Crippen molar-refractivity contribution in [1.82, 2.24) is 9.55 Å². The van der Waals surface area contributed by atoms with Crippen molar-refractivity contribution < 1.29 is 4.74 Å². The van der Waals surface area contributed by atoms with E-state index in [0.29, 0.717) is 6.61 Å². The molecule has 0 aliphatic heterocycles. The van der Waals surface area contributed by atoms with Crippen LogP contribution in [0.1, 0.15) is 17.8 Å². The number of imidazole rings is 1. The lowest BCUT2D eigenvalue weighted by molar-refractivity contribution is 0.302. The highest BCUT2D eigenvalue weighted by Crippen LogP contribution is 2.22. The molecule has 0 aliphatic carbocycles. The molecule has 1 aromatic heterocycles.